The molecule has 0 saturated carbocycles. The summed E-state index contributed by atoms with van der Waals surface area (Å²) in [5.41, 5.74) is 1.27. The maximum absolute atomic E-state index is 12.2. The van der Waals surface area contributed by atoms with Crippen molar-refractivity contribution in [1.82, 2.24) is 0 Å². The first-order chi connectivity index (χ1) is 8.49. The lowest BCUT2D eigenvalue weighted by Gasteiger charge is -2.10. The second kappa shape index (κ2) is 5.12. The normalized spacial score (nSPS) is 11.2. The first-order valence-corrected chi connectivity index (χ1v) is 7.61. The van der Waals surface area contributed by atoms with Gasteiger partial charge >= 0.3 is 0 Å². The highest BCUT2D eigenvalue weighted by Gasteiger charge is 2.15. The summed E-state index contributed by atoms with van der Waals surface area (Å²) in [5, 5.41) is 0. The largest absolute Gasteiger partial charge is 0.280 e. The number of anilines is 1. The van der Waals surface area contributed by atoms with Crippen molar-refractivity contribution in [3.05, 3.63) is 58.6 Å². The van der Waals surface area contributed by atoms with Crippen molar-refractivity contribution in [2.75, 3.05) is 4.72 Å². The Hall–Kier alpha value is -1.33. The van der Waals surface area contributed by atoms with E-state index in [-0.39, 0.29) is 0 Å². The zero-order valence-corrected chi connectivity index (χ0v) is 12.1. The topological polar surface area (TPSA) is 46.2 Å². The highest BCUT2D eigenvalue weighted by atomic mass is 79.9. The molecule has 0 heterocycles. The number of hydrogen-bond donors (Lipinski definition) is 1. The minimum Gasteiger partial charge on any atom is -0.280 e. The van der Waals surface area contributed by atoms with Crippen LogP contribution in [0.2, 0.25) is 0 Å². The number of benzene rings is 2. The molecule has 0 atom stereocenters. The van der Waals surface area contributed by atoms with E-state index in [1.54, 1.807) is 49.4 Å². The van der Waals surface area contributed by atoms with E-state index in [0.29, 0.717) is 10.6 Å². The van der Waals surface area contributed by atoms with E-state index in [4.69, 9.17) is 0 Å². The van der Waals surface area contributed by atoms with Crippen molar-refractivity contribution >= 4 is 31.6 Å². The van der Waals surface area contributed by atoms with E-state index < -0.39 is 10.0 Å². The average molecular weight is 326 g/mol. The van der Waals surface area contributed by atoms with Crippen LogP contribution in [0.5, 0.6) is 0 Å². The molecule has 0 aliphatic carbocycles. The van der Waals surface area contributed by atoms with Gasteiger partial charge in [-0.1, -0.05) is 34.1 Å². The Morgan fingerprint density at radius 2 is 1.61 bits per heavy atom. The van der Waals surface area contributed by atoms with Crippen LogP contribution in [-0.2, 0) is 10.0 Å². The summed E-state index contributed by atoms with van der Waals surface area (Å²) in [6, 6.07) is 13.9. The molecule has 2 aromatic rings. The van der Waals surface area contributed by atoms with E-state index in [9.17, 15) is 8.42 Å². The Balaban J connectivity index is 2.33. The van der Waals surface area contributed by atoms with Crippen molar-refractivity contribution in [3.63, 3.8) is 0 Å². The second-order valence-electron chi connectivity index (χ2n) is 3.88. The minimum atomic E-state index is -3.52. The quantitative estimate of drug-likeness (QED) is 0.937. The number of hydrogen-bond acceptors (Lipinski definition) is 2. The van der Waals surface area contributed by atoms with Gasteiger partial charge < -0.3 is 0 Å². The molecule has 0 saturated heterocycles. The molecule has 0 aliphatic heterocycles. The molecule has 94 valence electrons. The molecule has 0 aromatic heterocycles. The van der Waals surface area contributed by atoms with Crippen LogP contribution >= 0.6 is 15.9 Å². The maximum Gasteiger partial charge on any atom is 0.262 e. The van der Waals surface area contributed by atoms with Gasteiger partial charge in [-0.2, -0.15) is 0 Å². The highest BCUT2D eigenvalue weighted by Crippen LogP contribution is 2.20. The van der Waals surface area contributed by atoms with E-state index in [1.807, 2.05) is 6.07 Å². The predicted octanol–water partition coefficient (Wildman–Crippen LogP) is 3.56. The molecule has 0 spiro atoms. The van der Waals surface area contributed by atoms with Gasteiger partial charge in [0.05, 0.1) is 4.90 Å². The molecular formula is C13H12BrNO2S. The second-order valence-corrected chi connectivity index (χ2v) is 6.44. The first kappa shape index (κ1) is 13.1. The standard InChI is InChI=1S/C13H12BrNO2S/c1-10-4-2-3-5-13(10)18(16,17)15-12-8-6-11(14)7-9-12/h2-9,15H,1H3. The van der Waals surface area contributed by atoms with Crippen molar-refractivity contribution in [3.8, 4) is 0 Å². The molecule has 2 rings (SSSR count). The molecule has 0 radical (unpaired) electrons. The van der Waals surface area contributed by atoms with Gasteiger partial charge in [0.25, 0.3) is 10.0 Å². The molecule has 0 fully saturated rings. The molecule has 0 unspecified atom stereocenters. The fourth-order valence-electron chi connectivity index (χ4n) is 1.59. The Morgan fingerprint density at radius 1 is 1.00 bits per heavy atom. The Morgan fingerprint density at radius 3 is 2.22 bits per heavy atom. The van der Waals surface area contributed by atoms with Crippen LogP contribution in [0.4, 0.5) is 5.69 Å². The van der Waals surface area contributed by atoms with Gasteiger partial charge in [-0.3, -0.25) is 4.72 Å². The minimum absolute atomic E-state index is 0.299. The van der Waals surface area contributed by atoms with E-state index in [2.05, 4.69) is 20.7 Å². The van der Waals surface area contributed by atoms with Crippen molar-refractivity contribution in [1.29, 1.82) is 0 Å². The Kier molecular flexibility index (Phi) is 3.73. The van der Waals surface area contributed by atoms with Gasteiger partial charge in [-0.25, -0.2) is 8.42 Å². The van der Waals surface area contributed by atoms with E-state index >= 15 is 0 Å². The van der Waals surface area contributed by atoms with Gasteiger partial charge in [0.1, 0.15) is 0 Å². The van der Waals surface area contributed by atoms with Gasteiger partial charge in [-0.05, 0) is 42.8 Å². The van der Waals surface area contributed by atoms with Gasteiger partial charge in [0.15, 0.2) is 0 Å². The third kappa shape index (κ3) is 2.91. The van der Waals surface area contributed by atoms with Crippen molar-refractivity contribution in [2.24, 2.45) is 0 Å². The lowest BCUT2D eigenvalue weighted by molar-refractivity contribution is 0.600. The van der Waals surface area contributed by atoms with Crippen LogP contribution in [0.3, 0.4) is 0 Å². The van der Waals surface area contributed by atoms with Gasteiger partial charge in [0.2, 0.25) is 0 Å². The smallest absolute Gasteiger partial charge is 0.262 e. The van der Waals surface area contributed by atoms with Crippen LogP contribution in [-0.4, -0.2) is 8.42 Å². The lowest BCUT2D eigenvalue weighted by atomic mass is 10.2. The first-order valence-electron chi connectivity index (χ1n) is 5.33. The molecule has 18 heavy (non-hydrogen) atoms. The molecular weight excluding hydrogens is 314 g/mol. The van der Waals surface area contributed by atoms with Crippen LogP contribution < -0.4 is 4.72 Å². The van der Waals surface area contributed by atoms with Crippen molar-refractivity contribution < 1.29 is 8.42 Å². The summed E-state index contributed by atoms with van der Waals surface area (Å²) in [7, 11) is -3.52. The monoisotopic (exact) mass is 325 g/mol. The molecule has 1 N–H and O–H groups in total. The molecule has 3 nitrogen and oxygen atoms in total. The number of rotatable bonds is 3. The lowest BCUT2D eigenvalue weighted by Crippen LogP contribution is -2.14. The number of nitrogens with one attached hydrogen (secondary N) is 1. The molecule has 5 heteroatoms. The van der Waals surface area contributed by atoms with Crippen LogP contribution in [0, 0.1) is 6.92 Å². The molecule has 0 amide bonds. The summed E-state index contributed by atoms with van der Waals surface area (Å²) in [6.07, 6.45) is 0. The Labute approximate surface area is 115 Å². The number of aryl methyl sites for hydroxylation is 1. The summed E-state index contributed by atoms with van der Waals surface area (Å²) in [6.45, 7) is 1.77. The molecule has 2 aromatic carbocycles. The Bertz CT molecular complexity index is 651. The fourth-order valence-corrected chi connectivity index (χ4v) is 3.16. The summed E-state index contributed by atoms with van der Waals surface area (Å²) in [4.78, 5) is 0.299. The highest BCUT2D eigenvalue weighted by molar-refractivity contribution is 9.10. The van der Waals surface area contributed by atoms with E-state index in [1.165, 1.54) is 0 Å². The van der Waals surface area contributed by atoms with Crippen LogP contribution in [0.15, 0.2) is 57.9 Å². The molecule has 0 aliphatic rings. The fraction of sp³-hybridized carbons (Fsp3) is 0.0769. The zero-order valence-electron chi connectivity index (χ0n) is 9.72. The average Bonchev–Trinajstić information content (AvgIpc) is 2.32. The maximum atomic E-state index is 12.2. The van der Waals surface area contributed by atoms with Gasteiger partial charge in [0, 0.05) is 10.2 Å². The summed E-state index contributed by atoms with van der Waals surface area (Å²) >= 11 is 3.30. The van der Waals surface area contributed by atoms with Crippen LogP contribution in [0.1, 0.15) is 5.56 Å². The van der Waals surface area contributed by atoms with E-state index in [0.717, 1.165) is 10.0 Å². The van der Waals surface area contributed by atoms with Crippen LogP contribution in [0.25, 0.3) is 0 Å². The SMILES string of the molecule is Cc1ccccc1S(=O)(=O)Nc1ccc(Br)cc1. The molecule has 0 bridgehead atoms. The number of sulfonamides is 1. The summed E-state index contributed by atoms with van der Waals surface area (Å²) < 4.78 is 27.8. The third-order valence-electron chi connectivity index (χ3n) is 2.48. The van der Waals surface area contributed by atoms with Crippen molar-refractivity contribution in [2.45, 2.75) is 11.8 Å². The number of halogens is 1. The summed E-state index contributed by atoms with van der Waals surface area (Å²) in [5.74, 6) is 0. The predicted molar refractivity (Wildman–Crippen MR) is 76.1 cm³/mol. The third-order valence-corrected chi connectivity index (χ3v) is 4.55. The zero-order chi connectivity index (χ0) is 13.2. The van der Waals surface area contributed by atoms with Gasteiger partial charge in [-0.15, -0.1) is 0 Å².